The molecule has 0 amide bonds. The van der Waals surface area contributed by atoms with E-state index in [1.54, 1.807) is 0 Å². The molecular formula is C10H16O4. The Bertz CT molecular complexity index is 186. The Balaban J connectivity index is 3.53. The summed E-state index contributed by atoms with van der Waals surface area (Å²) < 4.78 is 9.23. The van der Waals surface area contributed by atoms with Gasteiger partial charge in [-0.1, -0.05) is 13.8 Å². The molecule has 0 fully saturated rings. The summed E-state index contributed by atoms with van der Waals surface area (Å²) in [5, 5.41) is 0. The maximum atomic E-state index is 10.8. The number of carbonyl (C=O) groups excluding carboxylic acids is 2. The van der Waals surface area contributed by atoms with Crippen molar-refractivity contribution in [1.82, 2.24) is 0 Å². The van der Waals surface area contributed by atoms with E-state index in [0.29, 0.717) is 12.8 Å². The highest BCUT2D eigenvalue weighted by Crippen LogP contribution is 1.94. The molecule has 0 aliphatic rings. The van der Waals surface area contributed by atoms with E-state index >= 15 is 0 Å². The van der Waals surface area contributed by atoms with Crippen molar-refractivity contribution < 1.29 is 19.1 Å². The van der Waals surface area contributed by atoms with Crippen molar-refractivity contribution in [3.05, 3.63) is 12.5 Å². The molecule has 0 bridgehead atoms. The van der Waals surface area contributed by atoms with Gasteiger partial charge in [0.25, 0.3) is 0 Å². The van der Waals surface area contributed by atoms with Crippen LogP contribution in [0.3, 0.4) is 0 Å². The third-order valence-corrected chi connectivity index (χ3v) is 1.36. The van der Waals surface area contributed by atoms with E-state index in [1.165, 1.54) is 0 Å². The molecule has 0 aliphatic carbocycles. The standard InChI is InChI=1S/C10H16O4/c1-3-5-9(11)13-7-8-14-10(12)6-4-2/h7-8H,3-6H2,1-2H3/b8-7+. The molecule has 4 nitrogen and oxygen atoms in total. The lowest BCUT2D eigenvalue weighted by Crippen LogP contribution is -2.00. The normalized spacial score (nSPS) is 10.1. The van der Waals surface area contributed by atoms with Crippen molar-refractivity contribution in [2.24, 2.45) is 0 Å². The van der Waals surface area contributed by atoms with Gasteiger partial charge >= 0.3 is 11.9 Å². The lowest BCUT2D eigenvalue weighted by molar-refractivity contribution is -0.141. The number of carbonyl (C=O) groups is 2. The lowest BCUT2D eigenvalue weighted by atomic mass is 10.3. The molecule has 0 atom stereocenters. The van der Waals surface area contributed by atoms with Gasteiger partial charge in [-0.25, -0.2) is 0 Å². The zero-order chi connectivity index (χ0) is 10.8. The molecule has 0 radical (unpaired) electrons. The van der Waals surface area contributed by atoms with Crippen molar-refractivity contribution in [3.8, 4) is 0 Å². The molecule has 0 saturated heterocycles. The Morgan fingerprint density at radius 1 is 0.929 bits per heavy atom. The second kappa shape index (κ2) is 8.29. The minimum atomic E-state index is -0.324. The molecule has 0 aromatic rings. The van der Waals surface area contributed by atoms with Crippen LogP contribution in [0.1, 0.15) is 39.5 Å². The van der Waals surface area contributed by atoms with Gasteiger partial charge in [0.15, 0.2) is 0 Å². The summed E-state index contributed by atoms with van der Waals surface area (Å²) >= 11 is 0. The van der Waals surface area contributed by atoms with E-state index in [2.05, 4.69) is 9.47 Å². The van der Waals surface area contributed by atoms with Crippen molar-refractivity contribution >= 4 is 11.9 Å². The minimum absolute atomic E-state index is 0.324. The first-order valence-electron chi connectivity index (χ1n) is 4.74. The van der Waals surface area contributed by atoms with Gasteiger partial charge in [-0.2, -0.15) is 0 Å². The minimum Gasteiger partial charge on any atom is -0.431 e. The number of hydrogen-bond acceptors (Lipinski definition) is 4. The van der Waals surface area contributed by atoms with Crippen LogP contribution in [0.25, 0.3) is 0 Å². The first-order chi connectivity index (χ1) is 6.70. The van der Waals surface area contributed by atoms with Crippen LogP contribution in [-0.2, 0) is 19.1 Å². The van der Waals surface area contributed by atoms with Crippen LogP contribution in [0.15, 0.2) is 12.5 Å². The van der Waals surface area contributed by atoms with Gasteiger partial charge in [-0.3, -0.25) is 9.59 Å². The summed E-state index contributed by atoms with van der Waals surface area (Å²) in [5.74, 6) is -0.648. The van der Waals surface area contributed by atoms with Crippen LogP contribution in [-0.4, -0.2) is 11.9 Å². The van der Waals surface area contributed by atoms with Crippen molar-refractivity contribution in [3.63, 3.8) is 0 Å². The first kappa shape index (κ1) is 12.7. The molecule has 80 valence electrons. The quantitative estimate of drug-likeness (QED) is 0.487. The van der Waals surface area contributed by atoms with Gasteiger partial charge in [0.1, 0.15) is 12.5 Å². The highest BCUT2D eigenvalue weighted by atomic mass is 16.6. The maximum absolute atomic E-state index is 10.8. The number of rotatable bonds is 6. The number of esters is 2. The lowest BCUT2D eigenvalue weighted by Gasteiger charge is -1.97. The van der Waals surface area contributed by atoms with E-state index in [1.807, 2.05) is 13.8 Å². The third kappa shape index (κ3) is 7.34. The second-order valence-corrected chi connectivity index (χ2v) is 2.75. The average molecular weight is 200 g/mol. The molecule has 0 aromatic carbocycles. The molecule has 0 aliphatic heterocycles. The molecule has 0 N–H and O–H groups in total. The molecule has 0 spiro atoms. The topological polar surface area (TPSA) is 52.6 Å². The van der Waals surface area contributed by atoms with E-state index in [9.17, 15) is 9.59 Å². The van der Waals surface area contributed by atoms with Crippen molar-refractivity contribution in [2.75, 3.05) is 0 Å². The van der Waals surface area contributed by atoms with Crippen molar-refractivity contribution in [1.29, 1.82) is 0 Å². The van der Waals surface area contributed by atoms with Crippen LogP contribution in [0.2, 0.25) is 0 Å². The predicted molar refractivity (Wildman–Crippen MR) is 51.1 cm³/mol. The van der Waals surface area contributed by atoms with Gasteiger partial charge in [0.05, 0.1) is 0 Å². The van der Waals surface area contributed by atoms with Gasteiger partial charge < -0.3 is 9.47 Å². The molecule has 0 rings (SSSR count). The maximum Gasteiger partial charge on any atom is 0.310 e. The first-order valence-corrected chi connectivity index (χ1v) is 4.74. The number of hydrogen-bond donors (Lipinski definition) is 0. The van der Waals surface area contributed by atoms with E-state index in [-0.39, 0.29) is 11.9 Å². The Labute approximate surface area is 83.9 Å². The fourth-order valence-electron chi connectivity index (χ4n) is 0.733. The SMILES string of the molecule is CCCC(=O)O/C=C/OC(=O)CCC. The van der Waals surface area contributed by atoms with Gasteiger partial charge in [0.2, 0.25) is 0 Å². The zero-order valence-electron chi connectivity index (χ0n) is 8.62. The summed E-state index contributed by atoms with van der Waals surface area (Å²) in [7, 11) is 0. The Kier molecular flexibility index (Phi) is 7.50. The molecule has 4 heteroatoms. The second-order valence-electron chi connectivity index (χ2n) is 2.75. The van der Waals surface area contributed by atoms with Crippen LogP contribution >= 0.6 is 0 Å². The summed E-state index contributed by atoms with van der Waals surface area (Å²) in [4.78, 5) is 21.6. The largest absolute Gasteiger partial charge is 0.431 e. The van der Waals surface area contributed by atoms with Gasteiger partial charge in [-0.15, -0.1) is 0 Å². The monoisotopic (exact) mass is 200 g/mol. The highest BCUT2D eigenvalue weighted by Gasteiger charge is 1.98. The number of ether oxygens (including phenoxy) is 2. The predicted octanol–water partition coefficient (Wildman–Crippen LogP) is 2.14. The molecule has 0 saturated carbocycles. The third-order valence-electron chi connectivity index (χ3n) is 1.36. The highest BCUT2D eigenvalue weighted by molar-refractivity contribution is 5.70. The molecule has 0 heterocycles. The Morgan fingerprint density at radius 2 is 1.29 bits per heavy atom. The van der Waals surface area contributed by atoms with Crippen LogP contribution in [0.4, 0.5) is 0 Å². The van der Waals surface area contributed by atoms with Crippen LogP contribution in [0.5, 0.6) is 0 Å². The molecule has 0 aromatic heterocycles. The Morgan fingerprint density at radius 3 is 1.57 bits per heavy atom. The molecule has 0 unspecified atom stereocenters. The van der Waals surface area contributed by atoms with E-state index < -0.39 is 0 Å². The molecular weight excluding hydrogens is 184 g/mol. The summed E-state index contributed by atoms with van der Waals surface area (Å²) in [6, 6.07) is 0. The summed E-state index contributed by atoms with van der Waals surface area (Å²) in [5.41, 5.74) is 0. The van der Waals surface area contributed by atoms with E-state index in [0.717, 1.165) is 25.4 Å². The fraction of sp³-hybridized carbons (Fsp3) is 0.600. The average Bonchev–Trinajstić information content (AvgIpc) is 2.13. The van der Waals surface area contributed by atoms with Gasteiger partial charge in [0, 0.05) is 12.8 Å². The Hall–Kier alpha value is -1.32. The fourth-order valence-corrected chi connectivity index (χ4v) is 0.733. The van der Waals surface area contributed by atoms with Gasteiger partial charge in [-0.05, 0) is 12.8 Å². The van der Waals surface area contributed by atoms with Crippen LogP contribution < -0.4 is 0 Å². The summed E-state index contributed by atoms with van der Waals surface area (Å²) in [6.07, 6.45) is 4.39. The summed E-state index contributed by atoms with van der Waals surface area (Å²) in [6.45, 7) is 3.76. The zero-order valence-corrected chi connectivity index (χ0v) is 8.62. The van der Waals surface area contributed by atoms with Crippen molar-refractivity contribution in [2.45, 2.75) is 39.5 Å². The van der Waals surface area contributed by atoms with E-state index in [4.69, 9.17) is 0 Å². The molecule has 14 heavy (non-hydrogen) atoms. The smallest absolute Gasteiger partial charge is 0.310 e. The van der Waals surface area contributed by atoms with Crippen LogP contribution in [0, 0.1) is 0 Å².